The monoisotopic (exact) mass is 536 g/mol. The molecule has 11 nitrogen and oxygen atoms in total. The zero-order valence-electron chi connectivity index (χ0n) is 19.6. The minimum atomic E-state index is -5.08. The van der Waals surface area contributed by atoms with E-state index in [4.69, 9.17) is 9.90 Å². The number of fused-ring (bicyclic) bond motifs is 1. The predicted molar refractivity (Wildman–Crippen MR) is 117 cm³/mol. The number of amides is 1. The Balaban J connectivity index is 0.000000479. The molecule has 1 aliphatic rings. The standard InChI is InChI=1S/C18H21F3N8O.C2HF3O2/c1-10-8-28(11(2)6-22-10)14-4-5-29-16(25-14)12(7-23-29)17(30)24-13-9-27(3)26-15(13)18(19,20)21;3-2(4,5)1(6)7/h4-5,7,9-11,22H,6,8H2,1-3H3,(H,24,30);(H,6,7)/t10-,11-;/m1./s1. The number of piperazine rings is 1. The first-order valence-corrected chi connectivity index (χ1v) is 10.6. The van der Waals surface area contributed by atoms with Crippen molar-refractivity contribution in [3.63, 3.8) is 0 Å². The summed E-state index contributed by atoms with van der Waals surface area (Å²) in [6.45, 7) is 5.67. The first-order chi connectivity index (χ1) is 17.1. The van der Waals surface area contributed by atoms with Crippen LogP contribution in [0.4, 0.5) is 37.8 Å². The number of nitrogens with one attached hydrogen (secondary N) is 2. The molecule has 0 unspecified atom stereocenters. The molecule has 0 radical (unpaired) electrons. The van der Waals surface area contributed by atoms with Gasteiger partial charge in [0.15, 0.2) is 11.3 Å². The van der Waals surface area contributed by atoms with Gasteiger partial charge in [0.25, 0.3) is 5.91 Å². The molecule has 4 rings (SSSR count). The Morgan fingerprint density at radius 3 is 2.43 bits per heavy atom. The molecular formula is C20H22F6N8O3. The number of carboxylic acids is 1. The second-order valence-electron chi connectivity index (χ2n) is 8.24. The Morgan fingerprint density at radius 2 is 1.84 bits per heavy atom. The van der Waals surface area contributed by atoms with Crippen LogP contribution < -0.4 is 15.5 Å². The fourth-order valence-corrected chi connectivity index (χ4v) is 3.50. The number of nitrogens with zero attached hydrogens (tertiary/aromatic N) is 6. The summed E-state index contributed by atoms with van der Waals surface area (Å²) in [5, 5.41) is 20.3. The maximum Gasteiger partial charge on any atom is 0.490 e. The molecule has 17 heteroatoms. The molecule has 0 bridgehead atoms. The van der Waals surface area contributed by atoms with E-state index in [1.165, 1.54) is 17.8 Å². The third-order valence-corrected chi connectivity index (χ3v) is 5.25. The average Bonchev–Trinajstić information content (AvgIpc) is 3.37. The highest BCUT2D eigenvalue weighted by Crippen LogP contribution is 2.33. The first-order valence-electron chi connectivity index (χ1n) is 10.6. The second kappa shape index (κ2) is 10.2. The molecule has 0 spiro atoms. The van der Waals surface area contributed by atoms with Gasteiger partial charge in [0.2, 0.25) is 0 Å². The lowest BCUT2D eigenvalue weighted by molar-refractivity contribution is -0.192. The molecule has 4 heterocycles. The zero-order valence-corrected chi connectivity index (χ0v) is 19.6. The molecule has 1 amide bonds. The summed E-state index contributed by atoms with van der Waals surface area (Å²) in [5.41, 5.74) is -1.24. The van der Waals surface area contributed by atoms with Crippen molar-refractivity contribution in [3.05, 3.63) is 35.9 Å². The van der Waals surface area contributed by atoms with Gasteiger partial charge < -0.3 is 20.6 Å². The fraction of sp³-hybridized carbons (Fsp3) is 0.450. The van der Waals surface area contributed by atoms with Crippen LogP contribution >= 0.6 is 0 Å². The first kappa shape index (κ1) is 27.7. The molecule has 3 aromatic heterocycles. The smallest absolute Gasteiger partial charge is 0.475 e. The maximum absolute atomic E-state index is 13.2. The van der Waals surface area contributed by atoms with Crippen LogP contribution in [0.15, 0.2) is 24.7 Å². The van der Waals surface area contributed by atoms with Crippen molar-refractivity contribution in [1.82, 2.24) is 29.7 Å². The molecule has 2 atom stereocenters. The molecule has 0 saturated carbocycles. The van der Waals surface area contributed by atoms with Crippen molar-refractivity contribution in [3.8, 4) is 0 Å². The molecular weight excluding hydrogens is 514 g/mol. The van der Waals surface area contributed by atoms with Gasteiger partial charge in [0, 0.05) is 44.6 Å². The number of aromatic nitrogens is 5. The highest BCUT2D eigenvalue weighted by Gasteiger charge is 2.39. The molecule has 1 aliphatic heterocycles. The van der Waals surface area contributed by atoms with Gasteiger partial charge in [-0.25, -0.2) is 14.3 Å². The van der Waals surface area contributed by atoms with Gasteiger partial charge in [-0.2, -0.15) is 36.5 Å². The van der Waals surface area contributed by atoms with Crippen LogP contribution in [0.1, 0.15) is 29.9 Å². The van der Waals surface area contributed by atoms with Crippen molar-refractivity contribution in [2.45, 2.75) is 38.3 Å². The number of carbonyl (C=O) groups is 2. The fourth-order valence-electron chi connectivity index (χ4n) is 3.50. The number of carboxylic acid groups (broad SMARTS) is 1. The van der Waals surface area contributed by atoms with Gasteiger partial charge in [0.1, 0.15) is 11.4 Å². The van der Waals surface area contributed by atoms with E-state index in [1.54, 1.807) is 12.3 Å². The predicted octanol–water partition coefficient (Wildman–Crippen LogP) is 2.55. The maximum atomic E-state index is 13.2. The molecule has 202 valence electrons. The summed E-state index contributed by atoms with van der Waals surface area (Å²) in [6.07, 6.45) is -5.70. The van der Waals surface area contributed by atoms with Crippen molar-refractivity contribution >= 4 is 29.0 Å². The number of rotatable bonds is 3. The second-order valence-corrected chi connectivity index (χ2v) is 8.24. The summed E-state index contributed by atoms with van der Waals surface area (Å²) in [4.78, 5) is 28.3. The third kappa shape index (κ3) is 6.46. The molecule has 3 N–H and O–H groups in total. The van der Waals surface area contributed by atoms with E-state index in [0.29, 0.717) is 5.82 Å². The van der Waals surface area contributed by atoms with E-state index >= 15 is 0 Å². The molecule has 0 aliphatic carbocycles. The Bertz CT molecular complexity index is 1290. The molecule has 0 aromatic carbocycles. The van der Waals surface area contributed by atoms with E-state index in [0.717, 1.165) is 24.0 Å². The van der Waals surface area contributed by atoms with E-state index in [-0.39, 0.29) is 23.3 Å². The number of alkyl halides is 6. The van der Waals surface area contributed by atoms with Gasteiger partial charge >= 0.3 is 18.3 Å². The van der Waals surface area contributed by atoms with Crippen LogP contribution in [0.25, 0.3) is 5.65 Å². The van der Waals surface area contributed by atoms with E-state index in [1.807, 2.05) is 0 Å². The van der Waals surface area contributed by atoms with Gasteiger partial charge in [-0.15, -0.1) is 0 Å². The summed E-state index contributed by atoms with van der Waals surface area (Å²) in [6, 6.07) is 2.28. The van der Waals surface area contributed by atoms with Crippen LogP contribution in [-0.2, 0) is 18.0 Å². The molecule has 37 heavy (non-hydrogen) atoms. The quantitative estimate of drug-likeness (QED) is 0.436. The lowest BCUT2D eigenvalue weighted by atomic mass is 10.1. The minimum Gasteiger partial charge on any atom is -0.475 e. The summed E-state index contributed by atoms with van der Waals surface area (Å²) in [5.74, 6) is -2.82. The van der Waals surface area contributed by atoms with E-state index in [9.17, 15) is 31.1 Å². The number of aryl methyl sites for hydroxylation is 1. The van der Waals surface area contributed by atoms with E-state index in [2.05, 4.69) is 44.6 Å². The van der Waals surface area contributed by atoms with Gasteiger partial charge in [-0.05, 0) is 19.9 Å². The third-order valence-electron chi connectivity index (χ3n) is 5.25. The Kier molecular flexibility index (Phi) is 7.66. The number of halogens is 6. The van der Waals surface area contributed by atoms with Crippen molar-refractivity contribution in [2.24, 2.45) is 7.05 Å². The van der Waals surface area contributed by atoms with Crippen LogP contribution in [0, 0.1) is 0 Å². The van der Waals surface area contributed by atoms with Crippen molar-refractivity contribution in [1.29, 1.82) is 0 Å². The van der Waals surface area contributed by atoms with Crippen LogP contribution in [-0.4, -0.2) is 72.7 Å². The molecule has 1 fully saturated rings. The van der Waals surface area contributed by atoms with Crippen LogP contribution in [0.3, 0.4) is 0 Å². The van der Waals surface area contributed by atoms with E-state index < -0.39 is 35.6 Å². The number of carbonyl (C=O) groups excluding carboxylic acids is 1. The number of anilines is 2. The number of aliphatic carboxylic acids is 1. The van der Waals surface area contributed by atoms with Gasteiger partial charge in [-0.3, -0.25) is 9.48 Å². The Hall–Kier alpha value is -3.89. The summed E-state index contributed by atoms with van der Waals surface area (Å²) < 4.78 is 73.7. The summed E-state index contributed by atoms with van der Waals surface area (Å²) in [7, 11) is 1.35. The normalized spacial score (nSPS) is 18.4. The molecule has 1 saturated heterocycles. The average molecular weight is 536 g/mol. The topological polar surface area (TPSA) is 130 Å². The highest BCUT2D eigenvalue weighted by molar-refractivity contribution is 6.08. The lowest BCUT2D eigenvalue weighted by Gasteiger charge is -2.38. The number of hydrogen-bond acceptors (Lipinski definition) is 7. The van der Waals surface area contributed by atoms with Gasteiger partial charge in [0.05, 0.1) is 11.9 Å². The number of hydrogen-bond donors (Lipinski definition) is 3. The SMILES string of the molecule is C[C@@H]1CN(c2ccn3ncc(C(=O)Nc4cn(C)nc4C(F)(F)F)c3n2)[C@H](C)CN1.O=C(O)C(F)(F)F. The minimum absolute atomic E-state index is 0.0738. The molecule has 3 aromatic rings. The zero-order chi connectivity index (χ0) is 27.7. The van der Waals surface area contributed by atoms with Crippen LogP contribution in [0.2, 0.25) is 0 Å². The highest BCUT2D eigenvalue weighted by atomic mass is 19.4. The summed E-state index contributed by atoms with van der Waals surface area (Å²) >= 11 is 0. The lowest BCUT2D eigenvalue weighted by Crippen LogP contribution is -2.54. The van der Waals surface area contributed by atoms with Crippen molar-refractivity contribution < 1.29 is 41.0 Å². The Morgan fingerprint density at radius 1 is 1.19 bits per heavy atom. The van der Waals surface area contributed by atoms with Gasteiger partial charge in [-0.1, -0.05) is 0 Å². The van der Waals surface area contributed by atoms with Crippen molar-refractivity contribution in [2.75, 3.05) is 23.3 Å². The van der Waals surface area contributed by atoms with Crippen LogP contribution in [0.5, 0.6) is 0 Å². The largest absolute Gasteiger partial charge is 0.490 e. The Labute approximate surface area is 205 Å².